The first-order chi connectivity index (χ1) is 21.6. The number of aryl methyl sites for hydroxylation is 1. The molecular weight excluding hydrogens is 566 g/mol. The Balaban J connectivity index is 1.26. The van der Waals surface area contributed by atoms with Gasteiger partial charge < -0.3 is 15.2 Å². The molecule has 4 saturated carbocycles. The van der Waals surface area contributed by atoms with Crippen molar-refractivity contribution in [2.45, 2.75) is 102 Å². The summed E-state index contributed by atoms with van der Waals surface area (Å²) in [7, 11) is 1.73. The molecule has 3 N–H and O–H groups in total. The number of rotatable bonds is 9. The van der Waals surface area contributed by atoms with Gasteiger partial charge in [-0.15, -0.1) is 0 Å². The van der Waals surface area contributed by atoms with Gasteiger partial charge in [0.25, 0.3) is 0 Å². The summed E-state index contributed by atoms with van der Waals surface area (Å²) in [6.07, 6.45) is 12.0. The van der Waals surface area contributed by atoms with Gasteiger partial charge in [-0.1, -0.05) is 26.0 Å². The third kappa shape index (κ3) is 6.18. The Bertz CT molecular complexity index is 1520. The highest BCUT2D eigenvalue weighted by atomic mass is 16.5. The summed E-state index contributed by atoms with van der Waals surface area (Å²) in [5, 5.41) is 19.3. The van der Waals surface area contributed by atoms with E-state index in [1.165, 1.54) is 11.1 Å². The van der Waals surface area contributed by atoms with Crippen LogP contribution in [0.15, 0.2) is 42.7 Å². The lowest BCUT2D eigenvalue weighted by molar-refractivity contribution is -0.124. The highest BCUT2D eigenvalue weighted by Crippen LogP contribution is 2.58. The maximum atomic E-state index is 14.4. The molecule has 2 heterocycles. The van der Waals surface area contributed by atoms with Gasteiger partial charge in [0.15, 0.2) is 0 Å². The molecule has 2 amide bonds. The van der Waals surface area contributed by atoms with Gasteiger partial charge in [-0.05, 0) is 123 Å². The number of methoxy groups -OCH3 is 1. The molecule has 4 aliphatic rings. The van der Waals surface area contributed by atoms with Crippen LogP contribution in [0.3, 0.4) is 0 Å². The van der Waals surface area contributed by atoms with E-state index in [2.05, 4.69) is 60.6 Å². The minimum absolute atomic E-state index is 0.0530. The first-order valence-corrected chi connectivity index (χ1v) is 16.6. The molecule has 3 aromatic rings. The van der Waals surface area contributed by atoms with Gasteiger partial charge in [0, 0.05) is 36.0 Å². The number of nitrogens with zero attached hydrogens (tertiary/aromatic N) is 3. The predicted octanol–water partition coefficient (Wildman–Crippen LogP) is 7.36. The smallest absolute Gasteiger partial charge is 0.404 e. The summed E-state index contributed by atoms with van der Waals surface area (Å²) in [4.78, 5) is 32.5. The van der Waals surface area contributed by atoms with Gasteiger partial charge in [0.1, 0.15) is 11.6 Å². The molecule has 0 unspecified atom stereocenters. The van der Waals surface area contributed by atoms with Crippen molar-refractivity contribution in [3.8, 4) is 16.9 Å². The minimum Gasteiger partial charge on any atom is -0.496 e. The van der Waals surface area contributed by atoms with Crippen LogP contribution in [0.5, 0.6) is 5.75 Å². The van der Waals surface area contributed by atoms with Crippen LogP contribution in [-0.2, 0) is 10.2 Å². The zero-order valence-corrected chi connectivity index (χ0v) is 27.1. The molecule has 0 saturated heterocycles. The van der Waals surface area contributed by atoms with Crippen LogP contribution in [0.4, 0.5) is 10.6 Å². The van der Waals surface area contributed by atoms with Crippen molar-refractivity contribution in [3.05, 3.63) is 59.5 Å². The monoisotopic (exact) mass is 613 g/mol. The second kappa shape index (κ2) is 12.5. The van der Waals surface area contributed by atoms with Crippen LogP contribution in [0.1, 0.15) is 101 Å². The van der Waals surface area contributed by atoms with Crippen LogP contribution in [-0.4, -0.2) is 52.0 Å². The number of amides is 2. The topological polar surface area (TPSA) is 120 Å². The fraction of sp³-hybridized carbons (Fsp3) is 0.556. The number of carboxylic acid groups (broad SMARTS) is 1. The number of benzene rings is 1. The molecule has 0 radical (unpaired) electrons. The highest BCUT2D eigenvalue weighted by molar-refractivity contribution is 5.95. The van der Waals surface area contributed by atoms with Crippen LogP contribution in [0.2, 0.25) is 0 Å². The SMILES string of the molecule is COc1ccc(C23CCC(CN(C(=O)C4CCC(NC(=O)O)CC4)c4cc(-c5cn[nH]c5C(C)C)ccn4)(CC2)CC3)cc1C. The summed E-state index contributed by atoms with van der Waals surface area (Å²) in [5.41, 5.74) is 5.95. The van der Waals surface area contributed by atoms with Crippen molar-refractivity contribution in [1.82, 2.24) is 20.5 Å². The lowest BCUT2D eigenvalue weighted by Crippen LogP contribution is -2.52. The van der Waals surface area contributed by atoms with Gasteiger partial charge in [-0.25, -0.2) is 9.78 Å². The second-order valence-corrected chi connectivity index (χ2v) is 14.1. The number of carbonyl (C=O) groups is 2. The van der Waals surface area contributed by atoms with E-state index >= 15 is 0 Å². The summed E-state index contributed by atoms with van der Waals surface area (Å²) < 4.78 is 5.53. The van der Waals surface area contributed by atoms with Crippen molar-refractivity contribution in [3.63, 3.8) is 0 Å². The van der Waals surface area contributed by atoms with E-state index in [9.17, 15) is 14.7 Å². The molecule has 2 bridgehead atoms. The zero-order valence-electron chi connectivity index (χ0n) is 27.1. The van der Waals surface area contributed by atoms with Crippen LogP contribution in [0.25, 0.3) is 11.1 Å². The number of H-pyrrole nitrogens is 1. The number of carbonyl (C=O) groups excluding carboxylic acids is 1. The number of hydrogen-bond donors (Lipinski definition) is 3. The average molecular weight is 614 g/mol. The standard InChI is InChI=1S/C36H47N5O4/c1-23(2)32-29(21-38-40-32)26-11-18-37-31(20-26)41(33(42)25-5-8-28(9-6-25)39-34(43)44)22-35-12-15-36(16-13-35,17-14-35)27-7-10-30(45-4)24(3)19-27/h7,10-11,18-21,23,25,28,39H,5-6,8-9,12-17,22H2,1-4H3,(H,38,40)(H,43,44). The Kier molecular flexibility index (Phi) is 8.63. The van der Waals surface area contributed by atoms with Gasteiger partial charge in [-0.2, -0.15) is 5.10 Å². The van der Waals surface area contributed by atoms with E-state index in [1.54, 1.807) is 7.11 Å². The second-order valence-electron chi connectivity index (χ2n) is 14.1. The number of pyridine rings is 1. The van der Waals surface area contributed by atoms with E-state index in [-0.39, 0.29) is 34.6 Å². The largest absolute Gasteiger partial charge is 0.496 e. The molecule has 0 atom stereocenters. The van der Waals surface area contributed by atoms with E-state index in [0.717, 1.165) is 61.1 Å². The molecule has 1 aromatic carbocycles. The molecule has 7 rings (SSSR count). The van der Waals surface area contributed by atoms with Gasteiger partial charge in [0.05, 0.1) is 13.3 Å². The van der Waals surface area contributed by atoms with Crippen molar-refractivity contribution in [1.29, 1.82) is 0 Å². The summed E-state index contributed by atoms with van der Waals surface area (Å²) in [6.45, 7) is 7.07. The Morgan fingerprint density at radius 2 is 1.78 bits per heavy atom. The maximum Gasteiger partial charge on any atom is 0.404 e. The summed E-state index contributed by atoms with van der Waals surface area (Å²) in [5.74, 6) is 1.88. The van der Waals surface area contributed by atoms with Crippen LogP contribution in [0, 0.1) is 18.3 Å². The number of anilines is 1. The highest BCUT2D eigenvalue weighted by Gasteiger charge is 2.51. The van der Waals surface area contributed by atoms with Crippen molar-refractivity contribution < 1.29 is 19.4 Å². The Morgan fingerprint density at radius 1 is 1.07 bits per heavy atom. The van der Waals surface area contributed by atoms with Crippen molar-refractivity contribution in [2.24, 2.45) is 11.3 Å². The third-order valence-electron chi connectivity index (χ3n) is 11.2. The molecule has 0 aliphatic heterocycles. The van der Waals surface area contributed by atoms with E-state index < -0.39 is 6.09 Å². The Hall–Kier alpha value is -3.88. The normalized spacial score (nSPS) is 26.1. The molecule has 240 valence electrons. The lowest BCUT2D eigenvalue weighted by Gasteiger charge is -2.55. The fourth-order valence-electron chi connectivity index (χ4n) is 8.33. The molecule has 2 aromatic heterocycles. The number of ether oxygens (including phenoxy) is 1. The fourth-order valence-corrected chi connectivity index (χ4v) is 8.33. The summed E-state index contributed by atoms with van der Waals surface area (Å²) in [6, 6.07) is 10.6. The molecule has 0 spiro atoms. The van der Waals surface area contributed by atoms with Gasteiger partial charge in [-0.3, -0.25) is 14.8 Å². The zero-order chi connectivity index (χ0) is 31.8. The first kappa shape index (κ1) is 31.1. The first-order valence-electron chi connectivity index (χ1n) is 16.6. The van der Waals surface area contributed by atoms with Gasteiger partial charge in [0.2, 0.25) is 5.91 Å². The van der Waals surface area contributed by atoms with Crippen molar-refractivity contribution >= 4 is 17.8 Å². The van der Waals surface area contributed by atoms with E-state index in [0.29, 0.717) is 38.0 Å². The predicted molar refractivity (Wildman–Crippen MR) is 175 cm³/mol. The van der Waals surface area contributed by atoms with Crippen molar-refractivity contribution in [2.75, 3.05) is 18.6 Å². The minimum atomic E-state index is -0.998. The summed E-state index contributed by atoms with van der Waals surface area (Å²) >= 11 is 0. The van der Waals surface area contributed by atoms with Gasteiger partial charge >= 0.3 is 6.09 Å². The van der Waals surface area contributed by atoms with E-state index in [4.69, 9.17) is 9.72 Å². The molecule has 4 fully saturated rings. The van der Waals surface area contributed by atoms with E-state index in [1.807, 2.05) is 23.4 Å². The average Bonchev–Trinajstić information content (AvgIpc) is 3.55. The number of aromatic nitrogens is 3. The molecular formula is C36H47N5O4. The molecule has 45 heavy (non-hydrogen) atoms. The third-order valence-corrected chi connectivity index (χ3v) is 11.2. The maximum absolute atomic E-state index is 14.4. The lowest BCUT2D eigenvalue weighted by atomic mass is 9.51. The number of hydrogen-bond acceptors (Lipinski definition) is 5. The van der Waals surface area contributed by atoms with Crippen LogP contribution < -0.4 is 15.0 Å². The number of aromatic amines is 1. The molecule has 9 nitrogen and oxygen atoms in total. The molecule has 9 heteroatoms. The van der Waals surface area contributed by atoms with Crippen LogP contribution >= 0.6 is 0 Å². The Labute approximate surface area is 266 Å². The number of nitrogens with one attached hydrogen (secondary N) is 2. The number of fused-ring (bicyclic) bond motifs is 3. The quantitative estimate of drug-likeness (QED) is 0.232. The molecule has 4 aliphatic carbocycles. The Morgan fingerprint density at radius 3 is 2.40 bits per heavy atom.